The quantitative estimate of drug-likeness (QED) is 0.681. The molecule has 9 heteroatoms. The van der Waals surface area contributed by atoms with Crippen molar-refractivity contribution in [2.45, 2.75) is 58.2 Å². The van der Waals surface area contributed by atoms with E-state index in [4.69, 9.17) is 0 Å². The highest BCUT2D eigenvalue weighted by molar-refractivity contribution is 7.88. The highest BCUT2D eigenvalue weighted by Gasteiger charge is 2.58. The third kappa shape index (κ3) is 4.22. The van der Waals surface area contributed by atoms with Crippen molar-refractivity contribution in [1.82, 2.24) is 19.1 Å². The number of amides is 2. The van der Waals surface area contributed by atoms with E-state index in [-0.39, 0.29) is 17.7 Å². The Bertz CT molecular complexity index is 941. The predicted molar refractivity (Wildman–Crippen MR) is 117 cm³/mol. The molecule has 4 heterocycles. The van der Waals surface area contributed by atoms with Gasteiger partial charge in [0.25, 0.3) is 5.91 Å². The molecule has 0 N–H and O–H groups in total. The average molecular weight is 449 g/mol. The fraction of sp³-hybridized carbons (Fsp3) is 0.682. The second-order valence-corrected chi connectivity index (χ2v) is 11.2. The zero-order valence-corrected chi connectivity index (χ0v) is 19.3. The van der Waals surface area contributed by atoms with Gasteiger partial charge in [-0.3, -0.25) is 19.5 Å². The molecule has 170 valence electrons. The van der Waals surface area contributed by atoms with Crippen LogP contribution in [0.3, 0.4) is 0 Å². The molecule has 3 atom stereocenters. The molecule has 3 aliphatic rings. The summed E-state index contributed by atoms with van der Waals surface area (Å²) in [5.74, 6) is -1.15. The first-order valence-electron chi connectivity index (χ1n) is 11.2. The van der Waals surface area contributed by atoms with Crippen LogP contribution in [0.5, 0.6) is 0 Å². The number of rotatable bonds is 5. The molecule has 3 saturated heterocycles. The summed E-state index contributed by atoms with van der Waals surface area (Å²) in [5, 5.41) is 0. The first-order valence-corrected chi connectivity index (χ1v) is 13.0. The van der Waals surface area contributed by atoms with Gasteiger partial charge in [-0.05, 0) is 50.4 Å². The van der Waals surface area contributed by atoms with Gasteiger partial charge < -0.3 is 4.90 Å². The van der Waals surface area contributed by atoms with Crippen LogP contribution >= 0.6 is 0 Å². The number of carbonyl (C=O) groups is 2. The van der Waals surface area contributed by atoms with Crippen molar-refractivity contribution in [3.8, 4) is 0 Å². The standard InChI is InChI=1S/C22H32N4O4S/c1-15(2)19-20-18(26(22(19)28)31(3,29)30)9-12-25(20)21(27)16-7-8-17(23-13-16)14-24-10-5-4-6-11-24/h7-8,13,15,18-20H,4-6,9-12,14H2,1-3H3/t18-,19+,20-/m0/s1. The molecule has 3 aliphatic heterocycles. The van der Waals surface area contributed by atoms with Crippen LogP contribution in [-0.2, 0) is 21.4 Å². The van der Waals surface area contributed by atoms with Gasteiger partial charge in [0.05, 0.1) is 35.5 Å². The Hall–Kier alpha value is -2.00. The summed E-state index contributed by atoms with van der Waals surface area (Å²) < 4.78 is 25.6. The number of nitrogens with zero attached hydrogens (tertiary/aromatic N) is 4. The Labute approximate surface area is 184 Å². The first kappa shape index (κ1) is 22.2. The molecule has 0 spiro atoms. The summed E-state index contributed by atoms with van der Waals surface area (Å²) in [5.41, 5.74) is 1.42. The number of aromatic nitrogens is 1. The minimum absolute atomic E-state index is 0.0646. The van der Waals surface area contributed by atoms with E-state index >= 15 is 0 Å². The van der Waals surface area contributed by atoms with E-state index in [0.29, 0.717) is 18.5 Å². The number of piperidine rings is 1. The summed E-state index contributed by atoms with van der Waals surface area (Å²) in [4.78, 5) is 34.8. The molecule has 0 saturated carbocycles. The van der Waals surface area contributed by atoms with Gasteiger partial charge in [0, 0.05) is 19.3 Å². The molecule has 0 aliphatic carbocycles. The normalized spacial score (nSPS) is 27.2. The fourth-order valence-electron chi connectivity index (χ4n) is 5.43. The number of fused-ring (bicyclic) bond motifs is 1. The van der Waals surface area contributed by atoms with Crippen LogP contribution in [0, 0.1) is 11.8 Å². The van der Waals surface area contributed by atoms with Crippen molar-refractivity contribution in [2.75, 3.05) is 25.9 Å². The maximum atomic E-state index is 13.3. The lowest BCUT2D eigenvalue weighted by atomic mass is 9.88. The SMILES string of the molecule is CC(C)[C@H]1C(=O)N(S(C)(=O)=O)[C@H]2CCN(C(=O)c3ccc(CN4CCCCC4)nc3)[C@H]12. The van der Waals surface area contributed by atoms with Crippen molar-refractivity contribution in [3.05, 3.63) is 29.6 Å². The molecular weight excluding hydrogens is 416 g/mol. The molecule has 0 radical (unpaired) electrons. The van der Waals surface area contributed by atoms with Gasteiger partial charge in [-0.15, -0.1) is 0 Å². The first-order chi connectivity index (χ1) is 14.7. The summed E-state index contributed by atoms with van der Waals surface area (Å²) in [6, 6.07) is 2.79. The molecule has 4 rings (SSSR count). The number of hydrogen-bond donors (Lipinski definition) is 0. The van der Waals surface area contributed by atoms with Gasteiger partial charge in [-0.2, -0.15) is 0 Å². The van der Waals surface area contributed by atoms with Gasteiger partial charge in [-0.1, -0.05) is 20.3 Å². The summed E-state index contributed by atoms with van der Waals surface area (Å²) in [6.45, 7) is 7.20. The van der Waals surface area contributed by atoms with E-state index in [1.807, 2.05) is 19.9 Å². The van der Waals surface area contributed by atoms with Crippen LogP contribution in [0.4, 0.5) is 0 Å². The summed E-state index contributed by atoms with van der Waals surface area (Å²) in [7, 11) is -3.68. The monoisotopic (exact) mass is 448 g/mol. The van der Waals surface area contributed by atoms with Crippen molar-refractivity contribution in [3.63, 3.8) is 0 Å². The van der Waals surface area contributed by atoms with E-state index in [2.05, 4.69) is 9.88 Å². The maximum Gasteiger partial charge on any atom is 0.255 e. The molecule has 0 bridgehead atoms. The third-order valence-corrected chi connectivity index (χ3v) is 8.00. The molecule has 31 heavy (non-hydrogen) atoms. The molecule has 3 fully saturated rings. The Balaban J connectivity index is 1.53. The minimum atomic E-state index is -3.68. The van der Waals surface area contributed by atoms with Gasteiger partial charge in [0.2, 0.25) is 15.9 Å². The second-order valence-electron chi connectivity index (χ2n) is 9.39. The number of likely N-dealkylation sites (tertiary alicyclic amines) is 2. The fourth-order valence-corrected chi connectivity index (χ4v) is 6.60. The molecule has 0 aromatic carbocycles. The molecule has 1 aromatic rings. The van der Waals surface area contributed by atoms with Crippen molar-refractivity contribution < 1.29 is 18.0 Å². The van der Waals surface area contributed by atoms with Gasteiger partial charge in [0.1, 0.15) is 0 Å². The van der Waals surface area contributed by atoms with E-state index in [1.165, 1.54) is 19.3 Å². The molecule has 0 unspecified atom stereocenters. The third-order valence-electron chi connectivity index (χ3n) is 6.83. The minimum Gasteiger partial charge on any atom is -0.333 e. The van der Waals surface area contributed by atoms with Gasteiger partial charge >= 0.3 is 0 Å². The van der Waals surface area contributed by atoms with Gasteiger partial charge in [-0.25, -0.2) is 12.7 Å². The van der Waals surface area contributed by atoms with E-state index in [9.17, 15) is 18.0 Å². The van der Waals surface area contributed by atoms with Crippen molar-refractivity contribution in [1.29, 1.82) is 0 Å². The van der Waals surface area contributed by atoms with E-state index in [1.54, 1.807) is 17.2 Å². The smallest absolute Gasteiger partial charge is 0.255 e. The van der Waals surface area contributed by atoms with Gasteiger partial charge in [0.15, 0.2) is 0 Å². The maximum absolute atomic E-state index is 13.3. The predicted octanol–water partition coefficient (Wildman–Crippen LogP) is 1.72. The highest BCUT2D eigenvalue weighted by atomic mass is 32.2. The van der Waals surface area contributed by atoms with Crippen LogP contribution in [0.15, 0.2) is 18.3 Å². The Morgan fingerprint density at radius 1 is 1.16 bits per heavy atom. The number of pyridine rings is 1. The Morgan fingerprint density at radius 3 is 2.45 bits per heavy atom. The van der Waals surface area contributed by atoms with Crippen LogP contribution in [0.1, 0.15) is 55.6 Å². The highest BCUT2D eigenvalue weighted by Crippen LogP contribution is 2.41. The molecule has 1 aromatic heterocycles. The van der Waals surface area contributed by atoms with E-state index in [0.717, 1.165) is 35.9 Å². The summed E-state index contributed by atoms with van der Waals surface area (Å²) in [6.07, 6.45) is 6.87. The van der Waals surface area contributed by atoms with E-state index < -0.39 is 28.0 Å². The lowest BCUT2D eigenvalue weighted by Gasteiger charge is -2.29. The Morgan fingerprint density at radius 2 is 1.87 bits per heavy atom. The summed E-state index contributed by atoms with van der Waals surface area (Å²) >= 11 is 0. The van der Waals surface area contributed by atoms with Crippen molar-refractivity contribution in [2.24, 2.45) is 11.8 Å². The van der Waals surface area contributed by atoms with Crippen LogP contribution in [0.2, 0.25) is 0 Å². The van der Waals surface area contributed by atoms with Crippen LogP contribution < -0.4 is 0 Å². The van der Waals surface area contributed by atoms with Crippen molar-refractivity contribution >= 4 is 21.8 Å². The number of sulfonamides is 1. The lowest BCUT2D eigenvalue weighted by molar-refractivity contribution is -0.129. The zero-order valence-electron chi connectivity index (χ0n) is 18.5. The van der Waals surface area contributed by atoms with Crippen LogP contribution in [-0.4, -0.2) is 77.3 Å². The lowest BCUT2D eigenvalue weighted by Crippen LogP contribution is -2.44. The average Bonchev–Trinajstić information content (AvgIpc) is 3.24. The topological polar surface area (TPSA) is 90.9 Å². The van der Waals surface area contributed by atoms with Crippen LogP contribution in [0.25, 0.3) is 0 Å². The number of hydrogen-bond acceptors (Lipinski definition) is 6. The Kier molecular flexibility index (Phi) is 6.09. The molecule has 2 amide bonds. The number of carbonyl (C=O) groups excluding carboxylic acids is 2. The molecule has 8 nitrogen and oxygen atoms in total. The second kappa shape index (κ2) is 8.50. The largest absolute Gasteiger partial charge is 0.333 e. The zero-order chi connectivity index (χ0) is 22.3. The molecular formula is C22H32N4O4S.